The Labute approximate surface area is 98.6 Å². The second-order valence-corrected chi connectivity index (χ2v) is 4.31. The molecule has 1 atom stereocenters. The van der Waals surface area contributed by atoms with Gasteiger partial charge in [0.1, 0.15) is 5.92 Å². The van der Waals surface area contributed by atoms with E-state index in [1.807, 2.05) is 17.5 Å². The number of hydrogen-bond acceptors (Lipinski definition) is 4. The highest BCUT2D eigenvalue weighted by molar-refractivity contribution is 7.09. The van der Waals surface area contributed by atoms with Gasteiger partial charge < -0.3 is 10.1 Å². The molecule has 1 heterocycles. The van der Waals surface area contributed by atoms with Crippen molar-refractivity contribution in [2.75, 3.05) is 7.11 Å². The number of methoxy groups -OCH3 is 1. The van der Waals surface area contributed by atoms with Gasteiger partial charge in [0.2, 0.25) is 5.91 Å². The minimum atomic E-state index is -0.704. The lowest BCUT2D eigenvalue weighted by Gasteiger charge is -2.11. The Morgan fingerprint density at radius 3 is 2.81 bits per heavy atom. The molecule has 1 aromatic heterocycles. The summed E-state index contributed by atoms with van der Waals surface area (Å²) in [6.45, 7) is 2.25. The highest BCUT2D eigenvalue weighted by Gasteiger charge is 2.25. The number of amides is 1. The molecule has 16 heavy (non-hydrogen) atoms. The lowest BCUT2D eigenvalue weighted by Crippen LogP contribution is -2.35. The van der Waals surface area contributed by atoms with Crippen molar-refractivity contribution >= 4 is 23.2 Å². The van der Waals surface area contributed by atoms with Crippen LogP contribution in [-0.4, -0.2) is 19.0 Å². The van der Waals surface area contributed by atoms with Gasteiger partial charge in [-0.3, -0.25) is 9.59 Å². The fraction of sp³-hybridized carbons (Fsp3) is 0.455. The largest absolute Gasteiger partial charge is 0.468 e. The zero-order chi connectivity index (χ0) is 12.0. The third-order valence-corrected chi connectivity index (χ3v) is 3.10. The highest BCUT2D eigenvalue weighted by atomic mass is 32.1. The maximum atomic E-state index is 11.7. The van der Waals surface area contributed by atoms with Gasteiger partial charge in [-0.1, -0.05) is 13.0 Å². The Balaban J connectivity index is 2.47. The van der Waals surface area contributed by atoms with Crippen molar-refractivity contribution in [2.45, 2.75) is 19.9 Å². The first kappa shape index (κ1) is 12.7. The topological polar surface area (TPSA) is 55.4 Å². The van der Waals surface area contributed by atoms with Gasteiger partial charge in [0.05, 0.1) is 13.7 Å². The van der Waals surface area contributed by atoms with Gasteiger partial charge in [0.15, 0.2) is 0 Å². The fourth-order valence-corrected chi connectivity index (χ4v) is 1.96. The van der Waals surface area contributed by atoms with E-state index in [1.54, 1.807) is 18.3 Å². The number of nitrogens with one attached hydrogen (secondary N) is 1. The highest BCUT2D eigenvalue weighted by Crippen LogP contribution is 2.09. The molecule has 0 aliphatic heterocycles. The summed E-state index contributed by atoms with van der Waals surface area (Å²) >= 11 is 1.57. The van der Waals surface area contributed by atoms with Crippen molar-refractivity contribution in [1.29, 1.82) is 0 Å². The number of ether oxygens (including phenoxy) is 1. The van der Waals surface area contributed by atoms with E-state index in [9.17, 15) is 9.59 Å². The van der Waals surface area contributed by atoms with E-state index in [1.165, 1.54) is 7.11 Å². The zero-order valence-electron chi connectivity index (χ0n) is 9.36. The van der Waals surface area contributed by atoms with Crippen LogP contribution >= 0.6 is 11.3 Å². The predicted octanol–water partition coefficient (Wildman–Crippen LogP) is 1.56. The maximum Gasteiger partial charge on any atom is 0.318 e. The Bertz CT molecular complexity index is 348. The minimum absolute atomic E-state index is 0.275. The third-order valence-electron chi connectivity index (χ3n) is 2.23. The summed E-state index contributed by atoms with van der Waals surface area (Å²) in [5, 5.41) is 4.67. The molecule has 0 bridgehead atoms. The molecule has 0 radical (unpaired) electrons. The van der Waals surface area contributed by atoms with E-state index >= 15 is 0 Å². The van der Waals surface area contributed by atoms with E-state index in [-0.39, 0.29) is 5.91 Å². The molecular formula is C11H15NO3S. The second kappa shape index (κ2) is 6.27. The smallest absolute Gasteiger partial charge is 0.318 e. The van der Waals surface area contributed by atoms with Crippen molar-refractivity contribution in [3.05, 3.63) is 22.4 Å². The van der Waals surface area contributed by atoms with Gasteiger partial charge in [0.25, 0.3) is 0 Å². The van der Waals surface area contributed by atoms with Crippen molar-refractivity contribution in [3.63, 3.8) is 0 Å². The summed E-state index contributed by atoms with van der Waals surface area (Å²) < 4.78 is 4.56. The molecule has 1 rings (SSSR count). The van der Waals surface area contributed by atoms with Crippen molar-refractivity contribution in [1.82, 2.24) is 5.32 Å². The normalized spacial score (nSPS) is 11.9. The van der Waals surface area contributed by atoms with Crippen molar-refractivity contribution in [2.24, 2.45) is 5.92 Å². The van der Waals surface area contributed by atoms with Crippen LogP contribution in [0.4, 0.5) is 0 Å². The first-order valence-corrected chi connectivity index (χ1v) is 5.95. The Morgan fingerprint density at radius 2 is 2.31 bits per heavy atom. The molecule has 0 fully saturated rings. The number of thiophene rings is 1. The van der Waals surface area contributed by atoms with Crippen LogP contribution in [0.2, 0.25) is 0 Å². The molecule has 0 aromatic carbocycles. The van der Waals surface area contributed by atoms with Crippen LogP contribution in [0.5, 0.6) is 0 Å². The van der Waals surface area contributed by atoms with E-state index in [0.29, 0.717) is 13.0 Å². The molecule has 0 spiro atoms. The lowest BCUT2D eigenvalue weighted by molar-refractivity contribution is -0.150. The van der Waals surface area contributed by atoms with Crippen molar-refractivity contribution < 1.29 is 14.3 Å². The number of esters is 1. The number of carbonyl (C=O) groups is 2. The SMILES string of the molecule is CCC(C(=O)NCc1cccs1)C(=O)OC. The van der Waals surface area contributed by atoms with Gasteiger partial charge in [-0.2, -0.15) is 0 Å². The number of carbonyl (C=O) groups excluding carboxylic acids is 2. The molecular weight excluding hydrogens is 226 g/mol. The van der Waals surface area contributed by atoms with Gasteiger partial charge in [-0.25, -0.2) is 0 Å². The van der Waals surface area contributed by atoms with Crippen LogP contribution < -0.4 is 5.32 Å². The molecule has 1 N–H and O–H groups in total. The maximum absolute atomic E-state index is 11.7. The Hall–Kier alpha value is -1.36. The Kier molecular flexibility index (Phi) is 4.98. The molecule has 0 saturated carbocycles. The fourth-order valence-electron chi connectivity index (χ4n) is 1.31. The zero-order valence-corrected chi connectivity index (χ0v) is 10.2. The molecule has 1 unspecified atom stereocenters. The molecule has 5 heteroatoms. The van der Waals surface area contributed by atoms with Crippen LogP contribution in [-0.2, 0) is 20.9 Å². The van der Waals surface area contributed by atoms with Gasteiger partial charge in [-0.15, -0.1) is 11.3 Å². The summed E-state index contributed by atoms with van der Waals surface area (Å²) in [7, 11) is 1.29. The number of rotatable bonds is 5. The summed E-state index contributed by atoms with van der Waals surface area (Å²) in [6, 6.07) is 3.85. The van der Waals surface area contributed by atoms with Crippen LogP contribution in [0.1, 0.15) is 18.2 Å². The van der Waals surface area contributed by atoms with E-state index in [2.05, 4.69) is 10.1 Å². The molecule has 0 aliphatic rings. The van der Waals surface area contributed by atoms with Gasteiger partial charge >= 0.3 is 5.97 Å². The first-order chi connectivity index (χ1) is 7.69. The van der Waals surface area contributed by atoms with Crippen LogP contribution in [0.3, 0.4) is 0 Å². The number of hydrogen-bond donors (Lipinski definition) is 1. The molecule has 1 aromatic rings. The van der Waals surface area contributed by atoms with Gasteiger partial charge in [0, 0.05) is 4.88 Å². The average Bonchev–Trinajstić information content (AvgIpc) is 2.79. The molecule has 1 amide bonds. The van der Waals surface area contributed by atoms with Crippen molar-refractivity contribution in [3.8, 4) is 0 Å². The summed E-state index contributed by atoms with van der Waals surface area (Å²) in [6.07, 6.45) is 0.447. The van der Waals surface area contributed by atoms with Crippen LogP contribution in [0, 0.1) is 5.92 Å². The molecule has 88 valence electrons. The molecule has 0 aliphatic carbocycles. The standard InChI is InChI=1S/C11H15NO3S/c1-3-9(11(14)15-2)10(13)12-7-8-5-4-6-16-8/h4-6,9H,3,7H2,1-2H3,(H,12,13). The van der Waals surface area contributed by atoms with Crippen LogP contribution in [0.25, 0.3) is 0 Å². The minimum Gasteiger partial charge on any atom is -0.468 e. The quantitative estimate of drug-likeness (QED) is 0.628. The van der Waals surface area contributed by atoms with E-state index < -0.39 is 11.9 Å². The van der Waals surface area contributed by atoms with E-state index in [4.69, 9.17) is 0 Å². The monoisotopic (exact) mass is 241 g/mol. The molecule has 0 saturated heterocycles. The summed E-state index contributed by atoms with van der Waals surface area (Å²) in [5.41, 5.74) is 0. The average molecular weight is 241 g/mol. The first-order valence-electron chi connectivity index (χ1n) is 5.07. The Morgan fingerprint density at radius 1 is 1.56 bits per heavy atom. The van der Waals surface area contributed by atoms with Gasteiger partial charge in [-0.05, 0) is 17.9 Å². The summed E-state index contributed by atoms with van der Waals surface area (Å²) in [4.78, 5) is 24.0. The molecule has 4 nitrogen and oxygen atoms in total. The second-order valence-electron chi connectivity index (χ2n) is 3.28. The summed E-state index contributed by atoms with van der Waals surface area (Å²) in [5.74, 6) is -1.46. The van der Waals surface area contributed by atoms with Crippen LogP contribution in [0.15, 0.2) is 17.5 Å². The predicted molar refractivity (Wildman–Crippen MR) is 62.0 cm³/mol. The lowest BCUT2D eigenvalue weighted by atomic mass is 10.1. The third kappa shape index (κ3) is 3.34. The van der Waals surface area contributed by atoms with E-state index in [0.717, 1.165) is 4.88 Å².